The van der Waals surface area contributed by atoms with E-state index in [0.29, 0.717) is 11.3 Å². The second-order valence-corrected chi connectivity index (χ2v) is 10.9. The van der Waals surface area contributed by atoms with Crippen LogP contribution in [0.1, 0.15) is 34.5 Å². The first-order valence-corrected chi connectivity index (χ1v) is 13.1. The molecule has 2 aliphatic rings. The van der Waals surface area contributed by atoms with Crippen LogP contribution in [0.4, 0.5) is 26.3 Å². The number of H-pyrrole nitrogens is 1. The Kier molecular flexibility index (Phi) is 7.31. The van der Waals surface area contributed by atoms with Crippen LogP contribution in [0.15, 0.2) is 35.3 Å². The SMILES string of the molecule is O=C(c1cc(Cc2c[nH]c(=O)c3cc(Cl)c(Cl)n23)ccc1F)N1CCC([N+]2(OC(=O)C(F)(F)F)CC(F)(F)C2)CC1. The molecular formula is C25H21Cl2F6N4O4+. The second kappa shape index (κ2) is 10.2. The van der Waals surface area contributed by atoms with E-state index in [-0.39, 0.29) is 53.6 Å². The first-order chi connectivity index (χ1) is 19.1. The molecule has 41 heavy (non-hydrogen) atoms. The van der Waals surface area contributed by atoms with Crippen LogP contribution in [0.5, 0.6) is 0 Å². The molecule has 2 saturated heterocycles. The van der Waals surface area contributed by atoms with Gasteiger partial charge in [-0.1, -0.05) is 29.3 Å². The van der Waals surface area contributed by atoms with Gasteiger partial charge in [0.05, 0.1) is 10.6 Å². The number of aromatic nitrogens is 2. The number of aromatic amines is 1. The van der Waals surface area contributed by atoms with Crippen molar-refractivity contribution in [3.8, 4) is 0 Å². The molecule has 220 valence electrons. The van der Waals surface area contributed by atoms with Crippen molar-refractivity contribution in [3.05, 3.63) is 73.6 Å². The highest BCUT2D eigenvalue weighted by Crippen LogP contribution is 2.42. The Morgan fingerprint density at radius 1 is 1.12 bits per heavy atom. The van der Waals surface area contributed by atoms with E-state index < -0.39 is 59.1 Å². The average Bonchev–Trinajstić information content (AvgIpc) is 3.19. The highest BCUT2D eigenvalue weighted by Gasteiger charge is 2.67. The van der Waals surface area contributed by atoms with Crippen molar-refractivity contribution in [2.24, 2.45) is 0 Å². The largest absolute Gasteiger partial charge is 0.497 e. The molecule has 8 nitrogen and oxygen atoms in total. The molecule has 0 saturated carbocycles. The minimum atomic E-state index is -5.35. The van der Waals surface area contributed by atoms with Gasteiger partial charge in [-0.2, -0.15) is 22.0 Å². The van der Waals surface area contributed by atoms with E-state index in [9.17, 15) is 40.7 Å². The van der Waals surface area contributed by atoms with E-state index >= 15 is 0 Å². The van der Waals surface area contributed by atoms with Crippen molar-refractivity contribution in [2.45, 2.75) is 37.4 Å². The molecule has 0 bridgehead atoms. The van der Waals surface area contributed by atoms with E-state index in [0.717, 1.165) is 6.07 Å². The van der Waals surface area contributed by atoms with Gasteiger partial charge in [0.1, 0.15) is 22.5 Å². The summed E-state index contributed by atoms with van der Waals surface area (Å²) < 4.78 is 80.8. The summed E-state index contributed by atoms with van der Waals surface area (Å²) in [6, 6.07) is 4.37. The highest BCUT2D eigenvalue weighted by atomic mass is 35.5. The Hall–Kier alpha value is -3.23. The lowest BCUT2D eigenvalue weighted by Crippen LogP contribution is -2.75. The number of hydrogen-bond acceptors (Lipinski definition) is 4. The van der Waals surface area contributed by atoms with E-state index in [1.165, 1.54) is 33.7 Å². The van der Waals surface area contributed by atoms with Crippen molar-refractivity contribution in [3.63, 3.8) is 0 Å². The number of nitrogens with one attached hydrogen (secondary N) is 1. The van der Waals surface area contributed by atoms with Crippen LogP contribution in [0.2, 0.25) is 10.2 Å². The summed E-state index contributed by atoms with van der Waals surface area (Å²) in [5.41, 5.74) is 0.475. The van der Waals surface area contributed by atoms with Gasteiger partial charge >= 0.3 is 18.1 Å². The average molecular weight is 626 g/mol. The molecule has 0 spiro atoms. The summed E-state index contributed by atoms with van der Waals surface area (Å²) >= 11 is 12.3. The second-order valence-electron chi connectivity index (χ2n) is 10.1. The molecule has 5 rings (SSSR count). The number of fused-ring (bicyclic) bond motifs is 1. The number of benzene rings is 1. The van der Waals surface area contributed by atoms with Crippen molar-refractivity contribution < 1.29 is 45.4 Å². The molecule has 16 heteroatoms. The zero-order chi connectivity index (χ0) is 29.9. The summed E-state index contributed by atoms with van der Waals surface area (Å²) in [7, 11) is 0. The van der Waals surface area contributed by atoms with Crippen LogP contribution < -0.4 is 5.56 Å². The maximum Gasteiger partial charge on any atom is 0.497 e. The molecule has 2 aromatic heterocycles. The number of piperidine rings is 1. The number of nitrogens with zero attached hydrogens (tertiary/aromatic N) is 3. The summed E-state index contributed by atoms with van der Waals surface area (Å²) in [6.07, 6.45) is -3.90. The normalized spacial score (nSPS) is 18.8. The highest BCUT2D eigenvalue weighted by molar-refractivity contribution is 6.42. The van der Waals surface area contributed by atoms with E-state index in [1.807, 2.05) is 0 Å². The zero-order valence-corrected chi connectivity index (χ0v) is 22.4. The fourth-order valence-electron chi connectivity index (χ4n) is 5.44. The summed E-state index contributed by atoms with van der Waals surface area (Å²) in [6.45, 7) is -2.36. The third kappa shape index (κ3) is 5.52. The maximum atomic E-state index is 14.8. The van der Waals surface area contributed by atoms with Gasteiger partial charge in [0, 0.05) is 44.2 Å². The minimum absolute atomic E-state index is 0.0451. The Morgan fingerprint density at radius 2 is 1.78 bits per heavy atom. The van der Waals surface area contributed by atoms with Gasteiger partial charge in [-0.3, -0.25) is 18.8 Å². The predicted octanol–water partition coefficient (Wildman–Crippen LogP) is 4.76. The van der Waals surface area contributed by atoms with Crippen LogP contribution in [0, 0.1) is 5.82 Å². The quantitative estimate of drug-likeness (QED) is 0.328. The van der Waals surface area contributed by atoms with Gasteiger partial charge < -0.3 is 9.88 Å². The van der Waals surface area contributed by atoms with Gasteiger partial charge in [-0.25, -0.2) is 9.18 Å². The number of amides is 1. The molecule has 0 unspecified atom stereocenters. The van der Waals surface area contributed by atoms with Crippen LogP contribution >= 0.6 is 23.2 Å². The summed E-state index contributed by atoms with van der Waals surface area (Å²) in [5.74, 6) is -7.38. The Bertz CT molecular complexity index is 1590. The van der Waals surface area contributed by atoms with Crippen molar-refractivity contribution in [2.75, 3.05) is 26.2 Å². The van der Waals surface area contributed by atoms with Gasteiger partial charge in [-0.15, -0.1) is 4.65 Å². The zero-order valence-electron chi connectivity index (χ0n) is 20.9. The molecule has 4 heterocycles. The van der Waals surface area contributed by atoms with Crippen molar-refractivity contribution >= 4 is 40.6 Å². The van der Waals surface area contributed by atoms with Crippen LogP contribution in [0.3, 0.4) is 0 Å². The smallest absolute Gasteiger partial charge is 0.338 e. The number of alkyl halides is 5. The molecule has 1 amide bonds. The maximum absolute atomic E-state index is 14.8. The Balaban J connectivity index is 1.32. The lowest BCUT2D eigenvalue weighted by molar-refractivity contribution is -1.15. The number of hydrogen-bond donors (Lipinski definition) is 1. The standard InChI is InChI=1S/C25H20Cl2F6N4O4/c26-17-9-19-21(38)34-10-14(36(19)20(17)27)7-13-1-2-18(28)16(8-13)22(39)35-5-3-15(4-6-35)37(11-24(29,30)12-37)41-23(40)25(31,32)33/h1-2,8-10,15H,3-7,11-12H2/p+1. The van der Waals surface area contributed by atoms with Gasteiger partial charge in [-0.05, 0) is 23.8 Å². The molecule has 0 aliphatic carbocycles. The molecule has 0 atom stereocenters. The number of halogens is 8. The first-order valence-electron chi connectivity index (χ1n) is 12.3. The number of quaternary nitrogens is 1. The fraction of sp³-hybridized carbons (Fsp3) is 0.400. The van der Waals surface area contributed by atoms with Gasteiger partial charge in [0.2, 0.25) is 0 Å². The molecular weight excluding hydrogens is 605 g/mol. The minimum Gasteiger partial charge on any atom is -0.338 e. The van der Waals surface area contributed by atoms with E-state index in [4.69, 9.17) is 23.2 Å². The summed E-state index contributed by atoms with van der Waals surface area (Å²) in [5, 5.41) is 0.257. The molecule has 3 aromatic rings. The van der Waals surface area contributed by atoms with Crippen molar-refractivity contribution in [1.82, 2.24) is 14.3 Å². The number of hydroxylamine groups is 3. The lowest BCUT2D eigenvalue weighted by Gasteiger charge is -2.51. The first kappa shape index (κ1) is 29.3. The predicted molar refractivity (Wildman–Crippen MR) is 133 cm³/mol. The summed E-state index contributed by atoms with van der Waals surface area (Å²) in [4.78, 5) is 45.2. The molecule has 1 N–H and O–H groups in total. The van der Waals surface area contributed by atoms with Crippen LogP contribution in [-0.2, 0) is 16.1 Å². The molecule has 1 aromatic carbocycles. The van der Waals surface area contributed by atoms with Gasteiger partial charge in [0.25, 0.3) is 11.5 Å². The lowest BCUT2D eigenvalue weighted by atomic mass is 9.96. The monoisotopic (exact) mass is 625 g/mol. The van der Waals surface area contributed by atoms with E-state index in [2.05, 4.69) is 9.82 Å². The van der Waals surface area contributed by atoms with Crippen LogP contribution in [-0.4, -0.2) is 75.1 Å². The number of carbonyl (C=O) groups excluding carboxylic acids is 2. The Morgan fingerprint density at radius 3 is 2.39 bits per heavy atom. The third-order valence-electron chi connectivity index (χ3n) is 7.35. The fourth-order valence-corrected chi connectivity index (χ4v) is 5.88. The third-order valence-corrected chi connectivity index (χ3v) is 8.10. The van der Waals surface area contributed by atoms with E-state index in [1.54, 1.807) is 0 Å². The number of likely N-dealkylation sites (tertiary alicyclic amines) is 2. The van der Waals surface area contributed by atoms with Crippen molar-refractivity contribution in [1.29, 1.82) is 0 Å². The topological polar surface area (TPSA) is 83.9 Å². The molecule has 0 radical (unpaired) electrons. The number of rotatable bonds is 5. The van der Waals surface area contributed by atoms with Gasteiger partial charge in [0.15, 0.2) is 13.1 Å². The number of carbonyl (C=O) groups is 2. The Labute approximate surface area is 237 Å². The molecule has 2 aliphatic heterocycles. The molecule has 2 fully saturated rings. The van der Waals surface area contributed by atoms with Crippen LogP contribution in [0.25, 0.3) is 5.52 Å².